The Balaban J connectivity index is 1.74. The highest BCUT2D eigenvalue weighted by atomic mass is 15.2. The van der Waals surface area contributed by atoms with Crippen molar-refractivity contribution >= 4 is 38.9 Å². The summed E-state index contributed by atoms with van der Waals surface area (Å²) in [5.74, 6) is 0. The first kappa shape index (κ1) is 22.2. The molecular formula is C34H30N2. The second-order valence-electron chi connectivity index (χ2n) is 9.57. The molecule has 5 aromatic carbocycles. The van der Waals surface area contributed by atoms with Gasteiger partial charge in [0.05, 0.1) is 22.4 Å². The van der Waals surface area contributed by atoms with Crippen LogP contribution in [-0.4, -0.2) is 4.57 Å². The number of fused-ring (bicyclic) bond motifs is 3. The molecule has 0 aliphatic rings. The van der Waals surface area contributed by atoms with Gasteiger partial charge in [-0.05, 0) is 86.3 Å². The summed E-state index contributed by atoms with van der Waals surface area (Å²) in [7, 11) is 0. The molecule has 176 valence electrons. The number of anilines is 3. The van der Waals surface area contributed by atoms with E-state index in [1.165, 1.54) is 55.4 Å². The van der Waals surface area contributed by atoms with Crippen LogP contribution < -0.4 is 4.90 Å². The van der Waals surface area contributed by atoms with Crippen LogP contribution in [0.25, 0.3) is 27.5 Å². The summed E-state index contributed by atoms with van der Waals surface area (Å²) in [5.41, 5.74) is 12.5. The van der Waals surface area contributed by atoms with Crippen molar-refractivity contribution in [2.45, 2.75) is 27.7 Å². The second-order valence-corrected chi connectivity index (χ2v) is 9.57. The Hall–Kier alpha value is -4.30. The Labute approximate surface area is 213 Å². The summed E-state index contributed by atoms with van der Waals surface area (Å²) in [4.78, 5) is 2.41. The van der Waals surface area contributed by atoms with Gasteiger partial charge in [-0.25, -0.2) is 0 Å². The van der Waals surface area contributed by atoms with Gasteiger partial charge in [-0.3, -0.25) is 0 Å². The highest BCUT2D eigenvalue weighted by molar-refractivity contribution is 6.09. The summed E-state index contributed by atoms with van der Waals surface area (Å²) < 4.78 is 2.47. The van der Waals surface area contributed by atoms with Gasteiger partial charge in [-0.15, -0.1) is 0 Å². The van der Waals surface area contributed by atoms with Gasteiger partial charge in [-0.1, -0.05) is 72.8 Å². The first-order valence-corrected chi connectivity index (χ1v) is 12.6. The predicted octanol–water partition coefficient (Wildman–Crippen LogP) is 9.49. The fraction of sp³-hybridized carbons (Fsp3) is 0.118. The third kappa shape index (κ3) is 3.33. The van der Waals surface area contributed by atoms with Crippen molar-refractivity contribution in [2.75, 3.05) is 4.90 Å². The third-order valence-corrected chi connectivity index (χ3v) is 7.60. The van der Waals surface area contributed by atoms with E-state index >= 15 is 0 Å². The van der Waals surface area contributed by atoms with Gasteiger partial charge in [-0.2, -0.15) is 0 Å². The predicted molar refractivity (Wildman–Crippen MR) is 154 cm³/mol. The van der Waals surface area contributed by atoms with Crippen molar-refractivity contribution in [3.63, 3.8) is 0 Å². The Morgan fingerprint density at radius 2 is 0.889 bits per heavy atom. The first-order valence-electron chi connectivity index (χ1n) is 12.6. The molecule has 0 aliphatic heterocycles. The molecule has 0 aliphatic carbocycles. The van der Waals surface area contributed by atoms with Crippen LogP contribution in [0.5, 0.6) is 0 Å². The monoisotopic (exact) mass is 466 g/mol. The fourth-order valence-electron chi connectivity index (χ4n) is 5.71. The SMILES string of the molecule is Cc1c(C)c(N(c2ccccc2)c2ccccc2)c(C)c(-n2c3ccccc3c3ccccc32)c1C. The van der Waals surface area contributed by atoms with Crippen molar-refractivity contribution in [2.24, 2.45) is 0 Å². The molecular weight excluding hydrogens is 436 g/mol. The van der Waals surface area contributed by atoms with Gasteiger partial charge >= 0.3 is 0 Å². The summed E-state index contributed by atoms with van der Waals surface area (Å²) in [6, 6.07) is 38.9. The number of nitrogens with zero attached hydrogens (tertiary/aromatic N) is 2. The molecule has 6 rings (SSSR count). The largest absolute Gasteiger partial charge is 0.310 e. The lowest BCUT2D eigenvalue weighted by Gasteiger charge is -2.32. The first-order chi connectivity index (χ1) is 17.6. The lowest BCUT2D eigenvalue weighted by atomic mass is 9.94. The molecule has 0 fully saturated rings. The Morgan fingerprint density at radius 3 is 1.39 bits per heavy atom. The molecule has 0 saturated carbocycles. The van der Waals surface area contributed by atoms with E-state index in [1.54, 1.807) is 0 Å². The quantitative estimate of drug-likeness (QED) is 0.251. The van der Waals surface area contributed by atoms with E-state index in [1.807, 2.05) is 0 Å². The average molecular weight is 467 g/mol. The van der Waals surface area contributed by atoms with Gasteiger partial charge in [0.15, 0.2) is 0 Å². The standard InChI is InChI=1S/C34H30N2/c1-23-24(2)33(35(27-15-7-5-8-16-27)28-17-9-6-10-18-28)26(4)34(25(23)3)36-31-21-13-11-19-29(31)30-20-12-14-22-32(30)36/h5-22H,1-4H3. The van der Waals surface area contributed by atoms with Crippen molar-refractivity contribution in [1.82, 2.24) is 4.57 Å². The molecule has 2 nitrogen and oxygen atoms in total. The maximum Gasteiger partial charge on any atom is 0.0544 e. The number of benzene rings is 5. The van der Waals surface area contributed by atoms with Crippen LogP contribution in [0.15, 0.2) is 109 Å². The van der Waals surface area contributed by atoms with Gasteiger partial charge in [0, 0.05) is 22.1 Å². The topological polar surface area (TPSA) is 8.17 Å². The van der Waals surface area contributed by atoms with E-state index in [2.05, 4.69) is 146 Å². The molecule has 0 radical (unpaired) electrons. The van der Waals surface area contributed by atoms with Crippen molar-refractivity contribution in [3.05, 3.63) is 131 Å². The number of para-hydroxylation sites is 4. The van der Waals surface area contributed by atoms with Crippen LogP contribution >= 0.6 is 0 Å². The number of aromatic nitrogens is 1. The van der Waals surface area contributed by atoms with Gasteiger partial charge < -0.3 is 9.47 Å². The van der Waals surface area contributed by atoms with Crippen LogP contribution in [0.3, 0.4) is 0 Å². The minimum absolute atomic E-state index is 1.16. The zero-order valence-electron chi connectivity index (χ0n) is 21.3. The van der Waals surface area contributed by atoms with E-state index < -0.39 is 0 Å². The van der Waals surface area contributed by atoms with E-state index in [-0.39, 0.29) is 0 Å². The van der Waals surface area contributed by atoms with Gasteiger partial charge in [0.25, 0.3) is 0 Å². The number of hydrogen-bond acceptors (Lipinski definition) is 1. The maximum atomic E-state index is 2.47. The zero-order chi connectivity index (χ0) is 24.8. The molecule has 2 heteroatoms. The minimum Gasteiger partial charge on any atom is -0.310 e. The average Bonchev–Trinajstić information content (AvgIpc) is 3.25. The van der Waals surface area contributed by atoms with Crippen LogP contribution in [0.2, 0.25) is 0 Å². The molecule has 0 saturated heterocycles. The van der Waals surface area contributed by atoms with Crippen LogP contribution in [-0.2, 0) is 0 Å². The van der Waals surface area contributed by atoms with E-state index in [9.17, 15) is 0 Å². The summed E-state index contributed by atoms with van der Waals surface area (Å²) in [5, 5.41) is 2.57. The molecule has 0 spiro atoms. The molecule has 0 unspecified atom stereocenters. The smallest absolute Gasteiger partial charge is 0.0544 e. The Morgan fingerprint density at radius 1 is 0.444 bits per heavy atom. The molecule has 0 atom stereocenters. The van der Waals surface area contributed by atoms with E-state index in [4.69, 9.17) is 0 Å². The normalized spacial score (nSPS) is 11.3. The maximum absolute atomic E-state index is 2.47. The highest BCUT2D eigenvalue weighted by Crippen LogP contribution is 2.44. The minimum atomic E-state index is 1.16. The van der Waals surface area contributed by atoms with Crippen molar-refractivity contribution in [3.8, 4) is 5.69 Å². The zero-order valence-corrected chi connectivity index (χ0v) is 21.3. The number of hydrogen-bond donors (Lipinski definition) is 0. The summed E-state index contributed by atoms with van der Waals surface area (Å²) in [6.07, 6.45) is 0. The van der Waals surface area contributed by atoms with Crippen LogP contribution in [0.4, 0.5) is 17.1 Å². The number of rotatable bonds is 4. The van der Waals surface area contributed by atoms with Gasteiger partial charge in [0.1, 0.15) is 0 Å². The van der Waals surface area contributed by atoms with Crippen molar-refractivity contribution in [1.29, 1.82) is 0 Å². The molecule has 0 amide bonds. The summed E-state index contributed by atoms with van der Waals surface area (Å²) in [6.45, 7) is 9.08. The Kier molecular flexibility index (Phi) is 5.38. The molecule has 1 aromatic heterocycles. The Bertz CT molecular complexity index is 1620. The highest BCUT2D eigenvalue weighted by Gasteiger charge is 2.24. The van der Waals surface area contributed by atoms with Gasteiger partial charge in [0.2, 0.25) is 0 Å². The third-order valence-electron chi connectivity index (χ3n) is 7.60. The lowest BCUT2D eigenvalue weighted by molar-refractivity contribution is 1.08. The van der Waals surface area contributed by atoms with E-state index in [0.717, 1.165) is 11.4 Å². The molecule has 1 heterocycles. The molecule has 0 bridgehead atoms. The van der Waals surface area contributed by atoms with Crippen molar-refractivity contribution < 1.29 is 0 Å². The van der Waals surface area contributed by atoms with Crippen LogP contribution in [0.1, 0.15) is 22.3 Å². The van der Waals surface area contributed by atoms with Crippen LogP contribution in [0, 0.1) is 27.7 Å². The molecule has 6 aromatic rings. The lowest BCUT2D eigenvalue weighted by Crippen LogP contribution is -2.16. The summed E-state index contributed by atoms with van der Waals surface area (Å²) >= 11 is 0. The molecule has 36 heavy (non-hydrogen) atoms. The fourth-order valence-corrected chi connectivity index (χ4v) is 5.71. The molecule has 0 N–H and O–H groups in total. The second kappa shape index (κ2) is 8.73. The van der Waals surface area contributed by atoms with E-state index in [0.29, 0.717) is 0 Å².